The van der Waals surface area contributed by atoms with Gasteiger partial charge >= 0.3 is 0 Å². The second-order valence-electron chi connectivity index (χ2n) is 10.7. The maximum atomic E-state index is 13.4. The molecule has 4 amide bonds. The van der Waals surface area contributed by atoms with Gasteiger partial charge in [0, 0.05) is 26.6 Å². The average Bonchev–Trinajstić information content (AvgIpc) is 2.90. The van der Waals surface area contributed by atoms with Crippen LogP contribution in [0.2, 0.25) is 0 Å². The van der Waals surface area contributed by atoms with Gasteiger partial charge < -0.3 is 35.6 Å². The second-order valence-corrected chi connectivity index (χ2v) is 10.7. The summed E-state index contributed by atoms with van der Waals surface area (Å²) in [6, 6.07) is 8.44. The number of nitrogens with zero attached hydrogens (tertiary/aromatic N) is 2. The van der Waals surface area contributed by atoms with Crippen LogP contribution in [0.4, 0.5) is 0 Å². The van der Waals surface area contributed by atoms with Gasteiger partial charge in [-0.05, 0) is 62.8 Å². The molecule has 2 heterocycles. The van der Waals surface area contributed by atoms with Crippen molar-refractivity contribution in [1.82, 2.24) is 25.8 Å². The Hall–Kier alpha value is -4.12. The minimum absolute atomic E-state index is 0.0563. The first-order chi connectivity index (χ1) is 18.8. The molecular weight excluding hydrogens is 514 g/mol. The van der Waals surface area contributed by atoms with Gasteiger partial charge in [0.1, 0.15) is 35.4 Å². The van der Waals surface area contributed by atoms with Crippen LogP contribution >= 0.6 is 0 Å². The molecule has 0 radical (unpaired) electrons. The van der Waals surface area contributed by atoms with E-state index in [0.717, 1.165) is 5.56 Å². The van der Waals surface area contributed by atoms with Crippen LogP contribution in [-0.2, 0) is 20.8 Å². The highest BCUT2D eigenvalue weighted by molar-refractivity contribution is 6.00. The molecule has 4 N–H and O–H groups in total. The van der Waals surface area contributed by atoms with E-state index in [4.69, 9.17) is 4.74 Å². The van der Waals surface area contributed by atoms with Crippen LogP contribution in [0.3, 0.4) is 0 Å². The number of amides is 4. The molecule has 2 aromatic rings. The average molecular weight is 554 g/mol. The normalized spacial score (nSPS) is 20.2. The van der Waals surface area contributed by atoms with E-state index >= 15 is 0 Å². The second kappa shape index (κ2) is 13.3. The van der Waals surface area contributed by atoms with Crippen molar-refractivity contribution in [1.29, 1.82) is 0 Å². The van der Waals surface area contributed by atoms with E-state index in [2.05, 4.69) is 16.0 Å². The van der Waals surface area contributed by atoms with Crippen LogP contribution in [0.25, 0.3) is 0 Å². The van der Waals surface area contributed by atoms with Crippen molar-refractivity contribution >= 4 is 23.6 Å². The summed E-state index contributed by atoms with van der Waals surface area (Å²) >= 11 is 0. The number of carbonyl (C=O) groups is 4. The van der Waals surface area contributed by atoms with Gasteiger partial charge in [-0.3, -0.25) is 19.2 Å². The Morgan fingerprint density at radius 1 is 0.950 bits per heavy atom. The molecule has 40 heavy (non-hydrogen) atoms. The van der Waals surface area contributed by atoms with Crippen molar-refractivity contribution in [2.45, 2.75) is 45.3 Å². The van der Waals surface area contributed by atoms with E-state index in [0.29, 0.717) is 24.6 Å². The van der Waals surface area contributed by atoms with Gasteiger partial charge in [-0.1, -0.05) is 26.0 Å². The molecule has 2 aromatic carbocycles. The van der Waals surface area contributed by atoms with Gasteiger partial charge in [0.15, 0.2) is 0 Å². The summed E-state index contributed by atoms with van der Waals surface area (Å²) in [4.78, 5) is 56.3. The summed E-state index contributed by atoms with van der Waals surface area (Å²) in [6.07, 6.45) is 0.228. The van der Waals surface area contributed by atoms with Gasteiger partial charge in [-0.25, -0.2) is 0 Å². The van der Waals surface area contributed by atoms with Crippen LogP contribution in [0, 0.1) is 5.92 Å². The predicted molar refractivity (Wildman–Crippen MR) is 150 cm³/mol. The third kappa shape index (κ3) is 7.95. The lowest BCUT2D eigenvalue weighted by molar-refractivity contribution is -0.136. The maximum Gasteiger partial charge on any atom is 0.255 e. The quantitative estimate of drug-likeness (QED) is 0.412. The van der Waals surface area contributed by atoms with E-state index in [1.54, 1.807) is 50.1 Å². The van der Waals surface area contributed by atoms with Gasteiger partial charge in [0.25, 0.3) is 5.91 Å². The summed E-state index contributed by atoms with van der Waals surface area (Å²) in [6.45, 7) is 6.15. The Labute approximate surface area is 234 Å². The maximum absolute atomic E-state index is 13.4. The van der Waals surface area contributed by atoms with Gasteiger partial charge in [0.05, 0.1) is 5.56 Å². The molecule has 3 atom stereocenters. The van der Waals surface area contributed by atoms with Crippen molar-refractivity contribution in [2.75, 3.05) is 34.2 Å². The Kier molecular flexibility index (Phi) is 10.1. The zero-order chi connectivity index (χ0) is 29.6. The fourth-order valence-electron chi connectivity index (χ4n) is 4.17. The minimum Gasteiger partial charge on any atom is -0.507 e. The molecule has 0 fully saturated rings. The summed E-state index contributed by atoms with van der Waals surface area (Å²) in [5, 5.41) is 18.4. The Balaban J connectivity index is 1.98. The molecule has 2 aliphatic rings. The van der Waals surface area contributed by atoms with E-state index < -0.39 is 35.8 Å². The molecule has 216 valence electrons. The lowest BCUT2D eigenvalue weighted by atomic mass is 10.0. The largest absolute Gasteiger partial charge is 0.507 e. The highest BCUT2D eigenvalue weighted by atomic mass is 16.5. The summed E-state index contributed by atoms with van der Waals surface area (Å²) < 4.78 is 5.89. The number of phenols is 1. The van der Waals surface area contributed by atoms with E-state index in [9.17, 15) is 24.3 Å². The zero-order valence-electron chi connectivity index (χ0n) is 23.9. The predicted octanol–water partition coefficient (Wildman–Crippen LogP) is 1.50. The van der Waals surface area contributed by atoms with Gasteiger partial charge in [0.2, 0.25) is 17.7 Å². The molecule has 4 rings (SSSR count). The number of likely N-dealkylation sites (N-methyl/N-ethyl adjacent to an activating group) is 2. The lowest BCUT2D eigenvalue weighted by Crippen LogP contribution is -2.57. The number of hydrogen-bond acceptors (Lipinski definition) is 7. The molecular formula is C29H39N5O6. The molecule has 4 bridgehead atoms. The molecule has 0 saturated carbocycles. The first-order valence-electron chi connectivity index (χ1n) is 13.3. The van der Waals surface area contributed by atoms with Crippen molar-refractivity contribution < 1.29 is 29.0 Å². The Bertz CT molecular complexity index is 1230. The first-order valence-corrected chi connectivity index (χ1v) is 13.3. The number of ether oxygens (including phenoxy) is 1. The fourth-order valence-corrected chi connectivity index (χ4v) is 4.17. The third-order valence-corrected chi connectivity index (χ3v) is 6.67. The molecule has 0 saturated heterocycles. The Morgan fingerprint density at radius 2 is 1.60 bits per heavy atom. The number of fused-ring (bicyclic) bond motifs is 11. The SMILES string of the molecule is CC(C)[C@@H]1NC(=O)c2cc(ccc2O)Oc2ccc(cc2)C[C@@H](C(=O)N(C)CCN(C)C)NC(=O)[C@H](C)NC1=O. The molecule has 2 aliphatic heterocycles. The zero-order valence-corrected chi connectivity index (χ0v) is 23.9. The number of nitrogens with one attached hydrogen (secondary N) is 3. The number of aromatic hydroxyl groups is 1. The van der Waals surface area contributed by atoms with Gasteiger partial charge in [-0.2, -0.15) is 0 Å². The van der Waals surface area contributed by atoms with Crippen molar-refractivity contribution in [3.63, 3.8) is 0 Å². The number of hydrogen-bond donors (Lipinski definition) is 4. The summed E-state index contributed by atoms with van der Waals surface area (Å²) in [5.41, 5.74) is 0.731. The minimum atomic E-state index is -0.994. The standard InChI is InChI=1S/C29H39N5O6/c1-17(2)25-28(38)30-18(3)26(36)31-23(29(39)34(6)14-13-33(4)5)15-19-7-9-20(10-8-19)40-21-11-12-24(35)22(16-21)27(37)32-25/h7-12,16-18,23,25,35H,13-15H2,1-6H3,(H,30,38)(H,31,36)(H,32,37)/t18-,23-,25-/m0/s1. The lowest BCUT2D eigenvalue weighted by Gasteiger charge is -2.28. The van der Waals surface area contributed by atoms with Crippen molar-refractivity contribution in [3.05, 3.63) is 53.6 Å². The van der Waals surface area contributed by atoms with Crippen LogP contribution in [0.1, 0.15) is 36.7 Å². The number of rotatable bonds is 5. The van der Waals surface area contributed by atoms with Crippen molar-refractivity contribution in [2.24, 2.45) is 5.92 Å². The molecule has 0 aliphatic carbocycles. The summed E-state index contributed by atoms with van der Waals surface area (Å²) in [5.74, 6) is -1.83. The molecule has 0 unspecified atom stereocenters. The molecule has 11 heteroatoms. The van der Waals surface area contributed by atoms with Crippen LogP contribution in [0.15, 0.2) is 42.5 Å². The number of carbonyl (C=O) groups excluding carboxylic acids is 4. The smallest absolute Gasteiger partial charge is 0.255 e. The number of phenolic OH excluding ortho intramolecular Hbond substituents is 1. The molecule has 11 nitrogen and oxygen atoms in total. The third-order valence-electron chi connectivity index (χ3n) is 6.67. The van der Waals surface area contributed by atoms with Crippen LogP contribution in [-0.4, -0.2) is 90.9 Å². The topological polar surface area (TPSA) is 140 Å². The van der Waals surface area contributed by atoms with E-state index in [-0.39, 0.29) is 29.6 Å². The number of benzene rings is 2. The Morgan fingerprint density at radius 3 is 2.23 bits per heavy atom. The highest BCUT2D eigenvalue weighted by Gasteiger charge is 2.31. The van der Waals surface area contributed by atoms with Crippen LogP contribution in [0.5, 0.6) is 17.2 Å². The van der Waals surface area contributed by atoms with Crippen LogP contribution < -0.4 is 20.7 Å². The highest BCUT2D eigenvalue weighted by Crippen LogP contribution is 2.28. The van der Waals surface area contributed by atoms with E-state index in [1.165, 1.54) is 25.1 Å². The molecule has 0 spiro atoms. The summed E-state index contributed by atoms with van der Waals surface area (Å²) in [7, 11) is 5.51. The fraction of sp³-hybridized carbons (Fsp3) is 0.448. The molecule has 0 aromatic heterocycles. The van der Waals surface area contributed by atoms with Crippen molar-refractivity contribution in [3.8, 4) is 17.2 Å². The monoisotopic (exact) mass is 553 g/mol. The first kappa shape index (κ1) is 30.4. The van der Waals surface area contributed by atoms with E-state index in [1.807, 2.05) is 19.0 Å². The van der Waals surface area contributed by atoms with Gasteiger partial charge in [-0.15, -0.1) is 0 Å².